The monoisotopic (exact) mass is 704 g/mol. The van der Waals surface area contributed by atoms with E-state index in [1.54, 1.807) is 0 Å². The fourth-order valence-corrected chi connectivity index (χ4v) is 7.80. The lowest BCUT2D eigenvalue weighted by Gasteiger charge is -2.29. The van der Waals surface area contributed by atoms with E-state index in [1.807, 2.05) is 0 Å². The van der Waals surface area contributed by atoms with Crippen LogP contribution in [-0.2, 0) is 0 Å². The van der Waals surface area contributed by atoms with Crippen molar-refractivity contribution in [1.82, 2.24) is 0 Å². The zero-order valence-corrected chi connectivity index (χ0v) is 30.1. The van der Waals surface area contributed by atoms with E-state index in [0.29, 0.717) is 0 Å². The van der Waals surface area contributed by atoms with Crippen molar-refractivity contribution in [2.24, 2.45) is 0 Å². The van der Waals surface area contributed by atoms with Crippen molar-refractivity contribution >= 4 is 44.9 Å². The van der Waals surface area contributed by atoms with Crippen LogP contribution in [0.1, 0.15) is 0 Å². The molecule has 1 heterocycles. The molecule has 55 heavy (non-hydrogen) atoms. The number of para-hydroxylation sites is 3. The number of hydrogen-bond donors (Lipinski definition) is 0. The van der Waals surface area contributed by atoms with Crippen LogP contribution in [0.4, 0.5) is 34.1 Å². The smallest absolute Gasteiger partial charge is 0.138 e. The van der Waals surface area contributed by atoms with Crippen molar-refractivity contribution in [1.29, 1.82) is 0 Å². The third-order valence-corrected chi connectivity index (χ3v) is 10.4. The topological polar surface area (TPSA) is 15.7 Å². The maximum atomic E-state index is 6.83. The minimum Gasteiger partial charge on any atom is -0.456 e. The van der Waals surface area contributed by atoms with E-state index in [9.17, 15) is 0 Å². The molecule has 0 aliphatic carbocycles. The molecule has 0 saturated carbocycles. The van der Waals surface area contributed by atoms with E-state index >= 15 is 0 Å². The van der Waals surface area contributed by atoms with Gasteiger partial charge < -0.3 is 14.5 Å². The summed E-state index contributed by atoms with van der Waals surface area (Å²) in [6.45, 7) is 0. The molecular weight excluding hydrogens is 669 g/mol. The van der Waals surface area contributed by atoms with Gasteiger partial charge in [0.15, 0.2) is 0 Å². The second-order valence-corrected chi connectivity index (χ2v) is 13.8. The minimum atomic E-state index is 0.843. The molecule has 260 valence electrons. The zero-order valence-electron chi connectivity index (χ0n) is 30.1. The molecule has 0 fully saturated rings. The van der Waals surface area contributed by atoms with Gasteiger partial charge in [0, 0.05) is 45.5 Å². The molecule has 0 bridgehead atoms. The molecule has 3 nitrogen and oxygen atoms in total. The van der Waals surface area contributed by atoms with Gasteiger partial charge >= 0.3 is 0 Å². The van der Waals surface area contributed by atoms with Gasteiger partial charge in [0.1, 0.15) is 11.5 Å². The zero-order chi connectivity index (χ0) is 36.6. The first-order valence-electron chi connectivity index (χ1n) is 18.7. The van der Waals surface area contributed by atoms with Crippen molar-refractivity contribution < 1.29 is 4.74 Å². The Kier molecular flexibility index (Phi) is 8.16. The molecule has 0 atom stereocenters. The average Bonchev–Trinajstić information content (AvgIpc) is 3.26. The first-order chi connectivity index (χ1) is 27.3. The molecular formula is C52H36N2O. The molecule has 9 aromatic rings. The van der Waals surface area contributed by atoms with Crippen LogP contribution in [0.25, 0.3) is 44.2 Å². The van der Waals surface area contributed by atoms with E-state index in [0.717, 1.165) is 67.5 Å². The predicted octanol–water partition coefficient (Wildman–Crippen LogP) is 14.9. The molecule has 1 aliphatic rings. The van der Waals surface area contributed by atoms with Crippen LogP contribution in [0.15, 0.2) is 218 Å². The van der Waals surface area contributed by atoms with Crippen molar-refractivity contribution in [3.05, 3.63) is 218 Å². The molecule has 1 aliphatic heterocycles. The fraction of sp³-hybridized carbons (Fsp3) is 0. The third kappa shape index (κ3) is 6.08. The summed E-state index contributed by atoms with van der Waals surface area (Å²) in [4.78, 5) is 4.60. The van der Waals surface area contributed by atoms with Crippen LogP contribution >= 0.6 is 0 Å². The number of anilines is 6. The summed E-state index contributed by atoms with van der Waals surface area (Å²) in [5.41, 5.74) is 13.5. The van der Waals surface area contributed by atoms with E-state index in [2.05, 4.69) is 228 Å². The van der Waals surface area contributed by atoms with Crippen LogP contribution in [-0.4, -0.2) is 0 Å². The maximum Gasteiger partial charge on any atom is 0.138 e. The van der Waals surface area contributed by atoms with Crippen molar-refractivity contribution in [3.63, 3.8) is 0 Å². The molecule has 9 aromatic carbocycles. The lowest BCUT2D eigenvalue weighted by Crippen LogP contribution is -2.11. The Morgan fingerprint density at radius 2 is 0.727 bits per heavy atom. The lowest BCUT2D eigenvalue weighted by molar-refractivity contribution is 0.487. The van der Waals surface area contributed by atoms with Gasteiger partial charge in [-0.05, 0) is 106 Å². The summed E-state index contributed by atoms with van der Waals surface area (Å²) in [7, 11) is 0. The molecule has 0 unspecified atom stereocenters. The molecule has 0 radical (unpaired) electrons. The van der Waals surface area contributed by atoms with Crippen LogP contribution in [0, 0.1) is 0 Å². The standard InChI is InChI=1S/C52H36N2O/c1-5-14-37(15-6-1)38-24-26-39(27-25-38)40-28-30-45(31-29-40)54(44-21-11-4-12-22-44)47-34-41-16-13-23-48-49-35-46(32-33-50(49)55-51(36-47)52(41)48)53(42-17-7-2-8-18-42)43-19-9-3-10-20-43/h1-36H. The molecule has 0 amide bonds. The predicted molar refractivity (Wildman–Crippen MR) is 230 cm³/mol. The van der Waals surface area contributed by atoms with E-state index in [-0.39, 0.29) is 0 Å². The number of hydrogen-bond acceptors (Lipinski definition) is 3. The Hall–Kier alpha value is -7.36. The largest absolute Gasteiger partial charge is 0.456 e. The highest BCUT2D eigenvalue weighted by Gasteiger charge is 2.25. The Balaban J connectivity index is 1.03. The summed E-state index contributed by atoms with van der Waals surface area (Å²) < 4.78 is 6.83. The van der Waals surface area contributed by atoms with Gasteiger partial charge in [-0.1, -0.05) is 140 Å². The molecule has 0 saturated heterocycles. The second kappa shape index (κ2) is 13.9. The quantitative estimate of drug-likeness (QED) is 0.157. The highest BCUT2D eigenvalue weighted by Crippen LogP contribution is 2.51. The van der Waals surface area contributed by atoms with Gasteiger partial charge in [-0.15, -0.1) is 0 Å². The van der Waals surface area contributed by atoms with Gasteiger partial charge in [-0.2, -0.15) is 0 Å². The van der Waals surface area contributed by atoms with Crippen molar-refractivity contribution in [3.8, 4) is 44.9 Å². The number of benzene rings is 9. The van der Waals surface area contributed by atoms with Crippen LogP contribution in [0.2, 0.25) is 0 Å². The Bertz CT molecular complexity index is 2710. The van der Waals surface area contributed by atoms with Crippen LogP contribution in [0.5, 0.6) is 11.5 Å². The number of nitrogens with zero attached hydrogens (tertiary/aromatic N) is 2. The summed E-state index contributed by atoms with van der Waals surface area (Å²) in [5, 5.41) is 2.24. The third-order valence-electron chi connectivity index (χ3n) is 10.4. The Morgan fingerprint density at radius 3 is 1.29 bits per heavy atom. The normalized spacial score (nSPS) is 11.4. The van der Waals surface area contributed by atoms with Gasteiger partial charge in [-0.25, -0.2) is 0 Å². The van der Waals surface area contributed by atoms with Gasteiger partial charge in [0.25, 0.3) is 0 Å². The number of fused-ring (bicyclic) bond motifs is 2. The first-order valence-corrected chi connectivity index (χ1v) is 18.7. The van der Waals surface area contributed by atoms with E-state index < -0.39 is 0 Å². The highest BCUT2D eigenvalue weighted by molar-refractivity contribution is 6.07. The lowest BCUT2D eigenvalue weighted by atomic mass is 9.93. The fourth-order valence-electron chi connectivity index (χ4n) is 7.80. The van der Waals surface area contributed by atoms with E-state index in [4.69, 9.17) is 4.74 Å². The molecule has 0 spiro atoms. The van der Waals surface area contributed by atoms with Gasteiger partial charge in [0.2, 0.25) is 0 Å². The SMILES string of the molecule is c1ccc(-c2ccc(-c3ccc(N(c4ccccc4)c4cc5c6c(cccc6c4)-c4cc(N(c6ccccc6)c6ccccc6)ccc4O5)cc3)cc2)cc1. The first kappa shape index (κ1) is 32.3. The van der Waals surface area contributed by atoms with E-state index in [1.165, 1.54) is 22.3 Å². The Labute approximate surface area is 321 Å². The van der Waals surface area contributed by atoms with Crippen LogP contribution in [0.3, 0.4) is 0 Å². The summed E-state index contributed by atoms with van der Waals surface area (Å²) in [5.74, 6) is 1.69. The summed E-state index contributed by atoms with van der Waals surface area (Å²) in [6, 6.07) is 77.3. The average molecular weight is 705 g/mol. The second-order valence-electron chi connectivity index (χ2n) is 13.8. The molecule has 10 rings (SSSR count). The van der Waals surface area contributed by atoms with Crippen molar-refractivity contribution in [2.75, 3.05) is 9.80 Å². The van der Waals surface area contributed by atoms with Crippen molar-refractivity contribution in [2.45, 2.75) is 0 Å². The van der Waals surface area contributed by atoms with Gasteiger partial charge in [0.05, 0.1) is 5.69 Å². The minimum absolute atomic E-state index is 0.843. The molecule has 0 aromatic heterocycles. The maximum absolute atomic E-state index is 6.83. The highest BCUT2D eigenvalue weighted by atomic mass is 16.5. The molecule has 0 N–H and O–H groups in total. The van der Waals surface area contributed by atoms with Gasteiger partial charge in [-0.3, -0.25) is 0 Å². The number of ether oxygens (including phenoxy) is 1. The summed E-state index contributed by atoms with van der Waals surface area (Å²) in [6.07, 6.45) is 0. The Morgan fingerprint density at radius 1 is 0.273 bits per heavy atom. The summed E-state index contributed by atoms with van der Waals surface area (Å²) >= 11 is 0. The number of rotatable bonds is 8. The molecule has 3 heteroatoms. The van der Waals surface area contributed by atoms with Crippen LogP contribution < -0.4 is 14.5 Å².